The molecule has 6 heteroatoms. The Hall–Kier alpha value is -2.08. The molecular weight excluding hydrogens is 380 g/mol. The van der Waals surface area contributed by atoms with Crippen LogP contribution in [0.3, 0.4) is 0 Å². The molecule has 0 spiro atoms. The normalized spacial score (nSPS) is 12.0. The summed E-state index contributed by atoms with van der Waals surface area (Å²) in [5.41, 5.74) is 2.12. The lowest BCUT2D eigenvalue weighted by Gasteiger charge is -2.26. The molecule has 142 valence electrons. The molecule has 2 aromatic carbocycles. The lowest BCUT2D eigenvalue weighted by molar-refractivity contribution is 0.340. The Kier molecular flexibility index (Phi) is 6.05. The summed E-state index contributed by atoms with van der Waals surface area (Å²) in [5.74, 6) is 0. The van der Waals surface area contributed by atoms with E-state index in [4.69, 9.17) is 11.6 Å². The molecule has 0 saturated carbocycles. The van der Waals surface area contributed by atoms with Crippen molar-refractivity contribution in [3.63, 3.8) is 0 Å². The summed E-state index contributed by atoms with van der Waals surface area (Å²) in [5, 5.41) is 0.516. The van der Waals surface area contributed by atoms with Crippen LogP contribution in [-0.2, 0) is 23.1 Å². The first kappa shape index (κ1) is 19.7. The first-order valence-electron chi connectivity index (χ1n) is 8.83. The van der Waals surface area contributed by atoms with Gasteiger partial charge in [-0.25, -0.2) is 8.42 Å². The number of aromatic nitrogens is 1. The van der Waals surface area contributed by atoms with E-state index in [1.165, 1.54) is 9.87 Å². The van der Waals surface area contributed by atoms with Gasteiger partial charge in [0.1, 0.15) is 0 Å². The molecule has 0 radical (unpaired) electrons. The van der Waals surface area contributed by atoms with Crippen molar-refractivity contribution in [3.8, 4) is 0 Å². The van der Waals surface area contributed by atoms with Crippen molar-refractivity contribution in [1.82, 2.24) is 8.87 Å². The van der Waals surface area contributed by atoms with Crippen molar-refractivity contribution in [2.24, 2.45) is 0 Å². The maximum atomic E-state index is 13.2. The van der Waals surface area contributed by atoms with E-state index in [0.717, 1.165) is 5.69 Å². The molecule has 0 aliphatic carbocycles. The summed E-state index contributed by atoms with van der Waals surface area (Å²) < 4.78 is 29.9. The largest absolute Gasteiger partial charge is 0.346 e. The molecule has 0 atom stereocenters. The van der Waals surface area contributed by atoms with Crippen LogP contribution in [0.25, 0.3) is 0 Å². The smallest absolute Gasteiger partial charge is 0.243 e. The van der Waals surface area contributed by atoms with E-state index >= 15 is 0 Å². The molecule has 3 rings (SSSR count). The van der Waals surface area contributed by atoms with Gasteiger partial charge in [-0.15, -0.1) is 0 Å². The van der Waals surface area contributed by atoms with Crippen molar-refractivity contribution in [1.29, 1.82) is 0 Å². The maximum Gasteiger partial charge on any atom is 0.243 e. The molecule has 0 fully saturated rings. The van der Waals surface area contributed by atoms with E-state index < -0.39 is 10.0 Å². The van der Waals surface area contributed by atoms with Crippen molar-refractivity contribution < 1.29 is 8.42 Å². The van der Waals surface area contributed by atoms with Crippen LogP contribution in [0.2, 0.25) is 5.02 Å². The number of sulfonamides is 1. The van der Waals surface area contributed by atoms with E-state index in [9.17, 15) is 8.42 Å². The average molecular weight is 403 g/mol. The SMILES string of the molecule is CC(C)N(Cc1cccn1Cc1ccccc1)S(=O)(=O)c1ccc(Cl)cc1. The van der Waals surface area contributed by atoms with E-state index in [1.807, 2.05) is 50.4 Å². The summed E-state index contributed by atoms with van der Waals surface area (Å²) in [7, 11) is -3.62. The van der Waals surface area contributed by atoms with Crippen molar-refractivity contribution in [2.75, 3.05) is 0 Å². The standard InChI is InChI=1S/C21H23ClN2O2S/c1-17(2)24(27(25,26)21-12-10-19(22)11-13-21)16-20-9-6-14-23(20)15-18-7-4-3-5-8-18/h3-14,17H,15-16H2,1-2H3. The molecule has 0 aliphatic rings. The quantitative estimate of drug-likeness (QED) is 0.570. The molecule has 0 bridgehead atoms. The molecule has 0 aliphatic heterocycles. The second kappa shape index (κ2) is 8.30. The highest BCUT2D eigenvalue weighted by molar-refractivity contribution is 7.89. The number of benzene rings is 2. The zero-order valence-electron chi connectivity index (χ0n) is 15.4. The lowest BCUT2D eigenvalue weighted by atomic mass is 10.2. The van der Waals surface area contributed by atoms with E-state index in [2.05, 4.69) is 16.7 Å². The van der Waals surface area contributed by atoms with Crippen LogP contribution in [-0.4, -0.2) is 23.3 Å². The lowest BCUT2D eigenvalue weighted by Crippen LogP contribution is -2.37. The first-order chi connectivity index (χ1) is 12.9. The highest BCUT2D eigenvalue weighted by atomic mass is 35.5. The van der Waals surface area contributed by atoms with Crippen LogP contribution < -0.4 is 0 Å². The number of hydrogen-bond acceptors (Lipinski definition) is 2. The monoisotopic (exact) mass is 402 g/mol. The molecule has 27 heavy (non-hydrogen) atoms. The minimum absolute atomic E-state index is 0.175. The van der Waals surface area contributed by atoms with E-state index in [1.54, 1.807) is 24.3 Å². The Morgan fingerprint density at radius 2 is 1.63 bits per heavy atom. The molecule has 1 aromatic heterocycles. The highest BCUT2D eigenvalue weighted by Crippen LogP contribution is 2.23. The predicted octanol–water partition coefficient (Wildman–Crippen LogP) is 4.79. The van der Waals surface area contributed by atoms with Crippen molar-refractivity contribution in [3.05, 3.63) is 89.2 Å². The van der Waals surface area contributed by atoms with Gasteiger partial charge < -0.3 is 4.57 Å². The molecule has 0 N–H and O–H groups in total. The average Bonchev–Trinajstić information content (AvgIpc) is 3.07. The van der Waals surface area contributed by atoms with Crippen LogP contribution in [0, 0.1) is 0 Å². The second-order valence-corrected chi connectivity index (χ2v) is 9.04. The van der Waals surface area contributed by atoms with Gasteiger partial charge in [-0.2, -0.15) is 4.31 Å². The third-order valence-corrected chi connectivity index (χ3v) is 6.72. The van der Waals surface area contributed by atoms with E-state index in [-0.39, 0.29) is 10.9 Å². The third-order valence-electron chi connectivity index (χ3n) is 4.43. The zero-order valence-corrected chi connectivity index (χ0v) is 17.0. The summed E-state index contributed by atoms with van der Waals surface area (Å²) >= 11 is 5.91. The van der Waals surface area contributed by atoms with Crippen LogP contribution in [0.4, 0.5) is 0 Å². The Morgan fingerprint density at radius 1 is 0.963 bits per heavy atom. The maximum absolute atomic E-state index is 13.2. The summed E-state index contributed by atoms with van der Waals surface area (Å²) in [4.78, 5) is 0.252. The molecule has 4 nitrogen and oxygen atoms in total. The molecule has 0 amide bonds. The first-order valence-corrected chi connectivity index (χ1v) is 10.6. The minimum atomic E-state index is -3.62. The van der Waals surface area contributed by atoms with Gasteiger partial charge in [0.15, 0.2) is 0 Å². The highest BCUT2D eigenvalue weighted by Gasteiger charge is 2.28. The summed E-state index contributed by atoms with van der Waals surface area (Å²) in [6, 6.07) is 20.2. The molecule has 1 heterocycles. The minimum Gasteiger partial charge on any atom is -0.346 e. The molecule has 0 saturated heterocycles. The Labute approximate surface area is 166 Å². The van der Waals surface area contributed by atoms with Gasteiger partial charge in [0, 0.05) is 29.5 Å². The Balaban J connectivity index is 1.88. The van der Waals surface area contributed by atoms with Gasteiger partial charge in [0.25, 0.3) is 0 Å². The van der Waals surface area contributed by atoms with Crippen LogP contribution in [0.5, 0.6) is 0 Å². The number of nitrogens with zero attached hydrogens (tertiary/aromatic N) is 2. The Morgan fingerprint density at radius 3 is 2.26 bits per heavy atom. The van der Waals surface area contributed by atoms with Crippen molar-refractivity contribution in [2.45, 2.75) is 37.9 Å². The summed E-state index contributed by atoms with van der Waals surface area (Å²) in [6.45, 7) is 4.79. The van der Waals surface area contributed by atoms with Gasteiger partial charge in [0.05, 0.1) is 11.4 Å². The zero-order chi connectivity index (χ0) is 19.4. The van der Waals surface area contributed by atoms with Gasteiger partial charge in [-0.1, -0.05) is 41.9 Å². The number of hydrogen-bond donors (Lipinski definition) is 0. The van der Waals surface area contributed by atoms with Gasteiger partial charge >= 0.3 is 0 Å². The van der Waals surface area contributed by atoms with Crippen LogP contribution >= 0.6 is 11.6 Å². The molecular formula is C21H23ClN2O2S. The van der Waals surface area contributed by atoms with Crippen molar-refractivity contribution >= 4 is 21.6 Å². The van der Waals surface area contributed by atoms with Gasteiger partial charge in [-0.05, 0) is 55.8 Å². The number of rotatable bonds is 7. The number of halogens is 1. The molecule has 0 unspecified atom stereocenters. The second-order valence-electron chi connectivity index (χ2n) is 6.71. The fourth-order valence-corrected chi connectivity index (χ4v) is 4.71. The van der Waals surface area contributed by atoms with Crippen LogP contribution in [0.15, 0.2) is 77.8 Å². The topological polar surface area (TPSA) is 42.3 Å². The Bertz CT molecular complexity index is 981. The van der Waals surface area contributed by atoms with Gasteiger partial charge in [0.2, 0.25) is 10.0 Å². The summed E-state index contributed by atoms with van der Waals surface area (Å²) in [6.07, 6.45) is 1.98. The van der Waals surface area contributed by atoms with Gasteiger partial charge in [-0.3, -0.25) is 0 Å². The van der Waals surface area contributed by atoms with E-state index in [0.29, 0.717) is 18.1 Å². The third kappa shape index (κ3) is 4.61. The fourth-order valence-electron chi connectivity index (χ4n) is 2.97. The molecule has 3 aromatic rings. The predicted molar refractivity (Wildman–Crippen MR) is 109 cm³/mol. The fraction of sp³-hybridized carbons (Fsp3) is 0.238. The van der Waals surface area contributed by atoms with Crippen LogP contribution in [0.1, 0.15) is 25.1 Å².